The first-order chi connectivity index (χ1) is 14.0. The normalized spacial score (nSPS) is 19.4. The molecular formula is C22H26N4O3. The van der Waals surface area contributed by atoms with Crippen LogP contribution in [0.25, 0.3) is 16.9 Å². The molecule has 2 aromatic heterocycles. The second-order valence-corrected chi connectivity index (χ2v) is 7.96. The number of rotatable bonds is 4. The monoisotopic (exact) mass is 394 g/mol. The molecule has 29 heavy (non-hydrogen) atoms. The summed E-state index contributed by atoms with van der Waals surface area (Å²) in [5.74, 6) is -0.240. The van der Waals surface area contributed by atoms with Crippen molar-refractivity contribution >= 4 is 11.6 Å². The molecule has 3 aromatic rings. The SMILES string of the molecule is Cc1ccc(-c2cn3cc(C(=O)N[C@@H]4CCCC[C@@H]4CO)nc3c(=O)[nH]2)cc1C. The third kappa shape index (κ3) is 3.82. The van der Waals surface area contributed by atoms with Gasteiger partial charge in [0.1, 0.15) is 5.69 Å². The van der Waals surface area contributed by atoms with Crippen LogP contribution in [0.1, 0.15) is 47.3 Å². The zero-order valence-corrected chi connectivity index (χ0v) is 16.7. The molecule has 1 aromatic carbocycles. The van der Waals surface area contributed by atoms with Crippen molar-refractivity contribution in [3.63, 3.8) is 0 Å². The van der Waals surface area contributed by atoms with E-state index in [2.05, 4.69) is 15.3 Å². The van der Waals surface area contributed by atoms with E-state index in [0.717, 1.165) is 36.8 Å². The van der Waals surface area contributed by atoms with Crippen LogP contribution >= 0.6 is 0 Å². The van der Waals surface area contributed by atoms with Crippen molar-refractivity contribution in [3.8, 4) is 11.3 Å². The third-order valence-electron chi connectivity index (χ3n) is 5.96. The molecule has 0 saturated heterocycles. The van der Waals surface area contributed by atoms with E-state index in [9.17, 15) is 14.7 Å². The highest BCUT2D eigenvalue weighted by Gasteiger charge is 2.27. The lowest BCUT2D eigenvalue weighted by molar-refractivity contribution is 0.0868. The van der Waals surface area contributed by atoms with Gasteiger partial charge in [-0.15, -0.1) is 0 Å². The Kier molecular flexibility index (Phi) is 5.24. The Balaban J connectivity index is 1.63. The first-order valence-electron chi connectivity index (χ1n) is 10.1. The van der Waals surface area contributed by atoms with Crippen molar-refractivity contribution in [2.45, 2.75) is 45.6 Å². The fraction of sp³-hybridized carbons (Fsp3) is 0.409. The molecule has 0 radical (unpaired) electrons. The van der Waals surface area contributed by atoms with E-state index in [1.54, 1.807) is 16.8 Å². The highest BCUT2D eigenvalue weighted by Crippen LogP contribution is 2.24. The number of amides is 1. The Morgan fingerprint density at radius 3 is 2.79 bits per heavy atom. The smallest absolute Gasteiger partial charge is 0.292 e. The molecule has 1 aliphatic rings. The van der Waals surface area contributed by atoms with Gasteiger partial charge in [0, 0.05) is 31.0 Å². The molecule has 0 spiro atoms. The second kappa shape index (κ2) is 7.83. The number of aromatic amines is 1. The lowest BCUT2D eigenvalue weighted by Crippen LogP contribution is -2.43. The van der Waals surface area contributed by atoms with E-state index in [0.29, 0.717) is 5.69 Å². The molecule has 1 saturated carbocycles. The molecule has 7 heteroatoms. The van der Waals surface area contributed by atoms with Gasteiger partial charge in [0.25, 0.3) is 11.5 Å². The van der Waals surface area contributed by atoms with Crippen LogP contribution in [0.3, 0.4) is 0 Å². The summed E-state index contributed by atoms with van der Waals surface area (Å²) in [6, 6.07) is 5.94. The van der Waals surface area contributed by atoms with E-state index in [1.165, 1.54) is 5.56 Å². The van der Waals surface area contributed by atoms with Crippen LogP contribution in [0.4, 0.5) is 0 Å². The molecule has 0 bridgehead atoms. The molecule has 0 unspecified atom stereocenters. The largest absolute Gasteiger partial charge is 0.396 e. The van der Waals surface area contributed by atoms with Crippen LogP contribution in [0.2, 0.25) is 0 Å². The zero-order valence-electron chi connectivity index (χ0n) is 16.7. The number of hydrogen-bond acceptors (Lipinski definition) is 4. The van der Waals surface area contributed by atoms with Crippen LogP contribution in [-0.2, 0) is 0 Å². The van der Waals surface area contributed by atoms with Crippen molar-refractivity contribution in [1.29, 1.82) is 0 Å². The summed E-state index contributed by atoms with van der Waals surface area (Å²) in [4.78, 5) is 32.4. The Labute approximate surface area is 168 Å². The maximum atomic E-state index is 12.7. The Hall–Kier alpha value is -2.93. The number of aryl methyl sites for hydroxylation is 2. The van der Waals surface area contributed by atoms with E-state index in [1.807, 2.05) is 32.0 Å². The quantitative estimate of drug-likeness (QED) is 0.633. The predicted molar refractivity (Wildman–Crippen MR) is 111 cm³/mol. The van der Waals surface area contributed by atoms with Gasteiger partial charge in [0.2, 0.25) is 5.65 Å². The molecule has 0 aliphatic heterocycles. The number of carbonyl (C=O) groups is 1. The van der Waals surface area contributed by atoms with Crippen LogP contribution in [0.15, 0.2) is 35.4 Å². The molecule has 4 rings (SSSR count). The number of imidazole rings is 1. The molecule has 2 atom stereocenters. The number of benzene rings is 1. The first kappa shape index (κ1) is 19.4. The van der Waals surface area contributed by atoms with Gasteiger partial charge in [0.05, 0.1) is 5.69 Å². The summed E-state index contributed by atoms with van der Waals surface area (Å²) in [7, 11) is 0. The van der Waals surface area contributed by atoms with Crippen molar-refractivity contribution in [3.05, 3.63) is 57.8 Å². The zero-order chi connectivity index (χ0) is 20.5. The van der Waals surface area contributed by atoms with Gasteiger partial charge in [0.15, 0.2) is 0 Å². The highest BCUT2D eigenvalue weighted by atomic mass is 16.3. The summed E-state index contributed by atoms with van der Waals surface area (Å²) in [6.45, 7) is 4.13. The van der Waals surface area contributed by atoms with Gasteiger partial charge in [-0.1, -0.05) is 25.0 Å². The fourth-order valence-corrected chi connectivity index (χ4v) is 4.03. The van der Waals surface area contributed by atoms with Gasteiger partial charge in [-0.25, -0.2) is 4.98 Å². The minimum Gasteiger partial charge on any atom is -0.396 e. The number of H-pyrrole nitrogens is 1. The van der Waals surface area contributed by atoms with Crippen molar-refractivity contribution in [1.82, 2.24) is 19.7 Å². The average Bonchev–Trinajstić information content (AvgIpc) is 3.15. The molecule has 7 nitrogen and oxygen atoms in total. The van der Waals surface area contributed by atoms with Crippen molar-refractivity contribution in [2.75, 3.05) is 6.61 Å². The number of hydrogen-bond donors (Lipinski definition) is 3. The van der Waals surface area contributed by atoms with Crippen molar-refractivity contribution < 1.29 is 9.90 Å². The molecule has 3 N–H and O–H groups in total. The number of nitrogens with one attached hydrogen (secondary N) is 2. The fourth-order valence-electron chi connectivity index (χ4n) is 4.03. The molecule has 1 fully saturated rings. The Morgan fingerprint density at radius 1 is 1.24 bits per heavy atom. The average molecular weight is 394 g/mol. The number of carbonyl (C=O) groups excluding carboxylic acids is 1. The van der Waals surface area contributed by atoms with Gasteiger partial charge < -0.3 is 15.4 Å². The Morgan fingerprint density at radius 2 is 2.03 bits per heavy atom. The van der Waals surface area contributed by atoms with Gasteiger partial charge in [-0.3, -0.25) is 14.0 Å². The third-order valence-corrected chi connectivity index (χ3v) is 5.96. The highest BCUT2D eigenvalue weighted by molar-refractivity contribution is 5.93. The first-order valence-corrected chi connectivity index (χ1v) is 10.1. The lowest BCUT2D eigenvalue weighted by Gasteiger charge is -2.30. The number of aromatic nitrogens is 3. The minimum atomic E-state index is -0.342. The van der Waals surface area contributed by atoms with E-state index < -0.39 is 0 Å². The lowest BCUT2D eigenvalue weighted by atomic mass is 9.85. The topological polar surface area (TPSA) is 99.5 Å². The number of aliphatic hydroxyl groups excluding tert-OH is 1. The van der Waals surface area contributed by atoms with Crippen LogP contribution in [0, 0.1) is 19.8 Å². The standard InChI is InChI=1S/C22H26N4O3/c1-13-7-8-15(9-14(13)2)18-10-26-11-19(23-20(26)22(29)25-18)21(28)24-17-6-4-3-5-16(17)12-27/h7-11,16-17,27H,3-6,12H2,1-2H3,(H,24,28)(H,25,29)/t16-,17-/m1/s1. The Bertz CT molecular complexity index is 1110. The molecule has 1 amide bonds. The van der Waals surface area contributed by atoms with Gasteiger partial charge in [-0.05, 0) is 49.4 Å². The van der Waals surface area contributed by atoms with Crippen LogP contribution in [-0.4, -0.2) is 38.0 Å². The summed E-state index contributed by atoms with van der Waals surface area (Å²) < 4.78 is 1.60. The second-order valence-electron chi connectivity index (χ2n) is 7.96. The van der Waals surface area contributed by atoms with E-state index >= 15 is 0 Å². The molecular weight excluding hydrogens is 368 g/mol. The molecule has 152 valence electrons. The number of fused-ring (bicyclic) bond motifs is 1. The molecule has 1 aliphatic carbocycles. The van der Waals surface area contributed by atoms with E-state index in [-0.39, 0.29) is 41.4 Å². The van der Waals surface area contributed by atoms with Crippen LogP contribution in [0.5, 0.6) is 0 Å². The van der Waals surface area contributed by atoms with Crippen LogP contribution < -0.4 is 10.9 Å². The summed E-state index contributed by atoms with van der Waals surface area (Å²) in [5, 5.41) is 12.5. The minimum absolute atomic E-state index is 0.0598. The maximum Gasteiger partial charge on any atom is 0.292 e. The summed E-state index contributed by atoms with van der Waals surface area (Å²) in [5.41, 5.74) is 3.94. The summed E-state index contributed by atoms with van der Waals surface area (Å²) >= 11 is 0. The van der Waals surface area contributed by atoms with Crippen molar-refractivity contribution in [2.24, 2.45) is 5.92 Å². The van der Waals surface area contributed by atoms with E-state index in [4.69, 9.17) is 0 Å². The summed E-state index contributed by atoms with van der Waals surface area (Å²) in [6.07, 6.45) is 7.23. The number of nitrogens with zero attached hydrogens (tertiary/aromatic N) is 2. The van der Waals surface area contributed by atoms with Gasteiger partial charge >= 0.3 is 0 Å². The predicted octanol–water partition coefficient (Wildman–Crippen LogP) is 2.59. The maximum absolute atomic E-state index is 12.7. The molecule has 2 heterocycles. The number of aliphatic hydroxyl groups is 1. The van der Waals surface area contributed by atoms with Gasteiger partial charge in [-0.2, -0.15) is 0 Å².